The van der Waals surface area contributed by atoms with Crippen LogP contribution in [-0.4, -0.2) is 19.5 Å². The summed E-state index contributed by atoms with van der Waals surface area (Å²) in [6, 6.07) is 9.84. The van der Waals surface area contributed by atoms with Gasteiger partial charge in [0.2, 0.25) is 0 Å². The van der Waals surface area contributed by atoms with E-state index in [0.29, 0.717) is 18.5 Å². The van der Waals surface area contributed by atoms with Gasteiger partial charge in [0.15, 0.2) is 0 Å². The molecule has 1 aliphatic carbocycles. The minimum Gasteiger partial charge on any atom is -0.478 e. The van der Waals surface area contributed by atoms with Crippen molar-refractivity contribution in [1.29, 1.82) is 0 Å². The molecule has 2 aromatic rings. The predicted molar refractivity (Wildman–Crippen MR) is 95.4 cm³/mol. The van der Waals surface area contributed by atoms with Crippen LogP contribution in [0.1, 0.15) is 27.9 Å². The molecule has 1 aliphatic rings. The van der Waals surface area contributed by atoms with Gasteiger partial charge in [-0.25, -0.2) is 13.2 Å². The van der Waals surface area contributed by atoms with E-state index >= 15 is 0 Å². The fourth-order valence-electron chi connectivity index (χ4n) is 2.79. The van der Waals surface area contributed by atoms with E-state index in [0.717, 1.165) is 21.1 Å². The molecule has 0 aromatic heterocycles. The fraction of sp³-hybridized carbons (Fsp3) is 0.188. The third-order valence-electron chi connectivity index (χ3n) is 3.79. The molecule has 120 valence electrons. The second kappa shape index (κ2) is 6.12. The average molecular weight is 443 g/mol. The number of anilines is 1. The summed E-state index contributed by atoms with van der Waals surface area (Å²) in [5.41, 5.74) is 2.01. The molecule has 0 unspecified atom stereocenters. The van der Waals surface area contributed by atoms with Crippen LogP contribution in [0.5, 0.6) is 0 Å². The highest BCUT2D eigenvalue weighted by atomic mass is 127. The zero-order valence-electron chi connectivity index (χ0n) is 12.0. The van der Waals surface area contributed by atoms with Crippen molar-refractivity contribution in [3.8, 4) is 0 Å². The summed E-state index contributed by atoms with van der Waals surface area (Å²) in [6.07, 6.45) is 2.20. The Morgan fingerprint density at radius 3 is 2.65 bits per heavy atom. The van der Waals surface area contributed by atoms with Gasteiger partial charge in [-0.2, -0.15) is 0 Å². The molecule has 3 rings (SSSR count). The van der Waals surface area contributed by atoms with Gasteiger partial charge < -0.3 is 5.11 Å². The molecule has 0 atom stereocenters. The molecule has 2 N–H and O–H groups in total. The number of fused-ring (bicyclic) bond motifs is 1. The number of nitrogens with one attached hydrogen (secondary N) is 1. The molecule has 0 spiro atoms. The van der Waals surface area contributed by atoms with Crippen LogP contribution in [0.3, 0.4) is 0 Å². The van der Waals surface area contributed by atoms with Gasteiger partial charge in [-0.3, -0.25) is 4.72 Å². The Morgan fingerprint density at radius 2 is 1.96 bits per heavy atom. The van der Waals surface area contributed by atoms with Gasteiger partial charge >= 0.3 is 5.97 Å². The Morgan fingerprint density at radius 1 is 1.17 bits per heavy atom. The third-order valence-corrected chi connectivity index (χ3v) is 5.91. The van der Waals surface area contributed by atoms with Crippen molar-refractivity contribution < 1.29 is 18.3 Å². The van der Waals surface area contributed by atoms with Crippen LogP contribution < -0.4 is 4.72 Å². The summed E-state index contributed by atoms with van der Waals surface area (Å²) in [7, 11) is -3.83. The van der Waals surface area contributed by atoms with Crippen LogP contribution in [-0.2, 0) is 22.9 Å². The summed E-state index contributed by atoms with van der Waals surface area (Å²) >= 11 is 2.10. The number of carbonyl (C=O) groups is 1. The highest BCUT2D eigenvalue weighted by molar-refractivity contribution is 14.1. The molecule has 0 bridgehead atoms. The van der Waals surface area contributed by atoms with Gasteiger partial charge in [0, 0.05) is 9.26 Å². The molecule has 0 heterocycles. The van der Waals surface area contributed by atoms with E-state index in [9.17, 15) is 18.3 Å². The smallest absolute Gasteiger partial charge is 0.335 e. The predicted octanol–water partition coefficient (Wildman–Crippen LogP) is 3.28. The van der Waals surface area contributed by atoms with Crippen molar-refractivity contribution in [3.05, 3.63) is 56.7 Å². The maximum atomic E-state index is 12.7. The molecule has 2 aromatic carbocycles. The minimum atomic E-state index is -3.83. The zero-order valence-corrected chi connectivity index (χ0v) is 15.0. The normalized spacial score (nSPS) is 13.6. The summed E-state index contributed by atoms with van der Waals surface area (Å²) in [5.74, 6) is -1.12. The van der Waals surface area contributed by atoms with Gasteiger partial charge in [0.25, 0.3) is 10.0 Å². The van der Waals surface area contributed by atoms with Crippen molar-refractivity contribution in [2.75, 3.05) is 4.72 Å². The highest BCUT2D eigenvalue weighted by Gasteiger charge is 2.26. The Kier molecular flexibility index (Phi) is 4.33. The Balaban J connectivity index is 2.08. The first-order valence-corrected chi connectivity index (χ1v) is 9.60. The van der Waals surface area contributed by atoms with E-state index in [-0.39, 0.29) is 10.5 Å². The van der Waals surface area contributed by atoms with Crippen molar-refractivity contribution in [1.82, 2.24) is 0 Å². The largest absolute Gasteiger partial charge is 0.478 e. The summed E-state index contributed by atoms with van der Waals surface area (Å²) in [6.45, 7) is 0. The second-order valence-electron chi connectivity index (χ2n) is 5.39. The van der Waals surface area contributed by atoms with E-state index in [4.69, 9.17) is 0 Å². The molecular weight excluding hydrogens is 429 g/mol. The van der Waals surface area contributed by atoms with Crippen LogP contribution >= 0.6 is 22.6 Å². The van der Waals surface area contributed by atoms with Crippen LogP contribution in [0.2, 0.25) is 0 Å². The molecule has 0 saturated carbocycles. The third kappa shape index (κ3) is 3.35. The van der Waals surface area contributed by atoms with E-state index in [1.54, 1.807) is 24.3 Å². The quantitative estimate of drug-likeness (QED) is 0.711. The number of benzene rings is 2. The van der Waals surface area contributed by atoms with E-state index < -0.39 is 16.0 Å². The standard InChI is InChI=1S/C16H14INO4S/c17-12-4-2-5-13(9-12)18-23(21,22)15-8-11(16(19)20)7-10-3-1-6-14(10)15/h2,4-5,7-9,18H,1,3,6H2,(H,19,20). The van der Waals surface area contributed by atoms with Crippen molar-refractivity contribution in [2.24, 2.45) is 0 Å². The lowest BCUT2D eigenvalue weighted by atomic mass is 10.1. The topological polar surface area (TPSA) is 83.5 Å². The molecular formula is C16H14INO4S. The molecule has 0 fully saturated rings. The van der Waals surface area contributed by atoms with E-state index in [1.165, 1.54) is 6.07 Å². The molecule has 7 heteroatoms. The number of aryl methyl sites for hydroxylation is 1. The maximum Gasteiger partial charge on any atom is 0.335 e. The van der Waals surface area contributed by atoms with Crippen LogP contribution in [0.15, 0.2) is 41.3 Å². The number of aromatic carboxylic acids is 1. The molecule has 0 amide bonds. The van der Waals surface area contributed by atoms with Gasteiger partial charge in [0.05, 0.1) is 10.5 Å². The van der Waals surface area contributed by atoms with Gasteiger partial charge in [0.1, 0.15) is 0 Å². The van der Waals surface area contributed by atoms with Crippen molar-refractivity contribution in [2.45, 2.75) is 24.2 Å². The van der Waals surface area contributed by atoms with E-state index in [1.807, 2.05) is 6.07 Å². The van der Waals surface area contributed by atoms with Crippen molar-refractivity contribution in [3.63, 3.8) is 0 Å². The fourth-order valence-corrected chi connectivity index (χ4v) is 4.72. The number of hydrogen-bond donors (Lipinski definition) is 2. The number of halogens is 1. The average Bonchev–Trinajstić information content (AvgIpc) is 2.93. The minimum absolute atomic E-state index is 0.00803. The summed E-state index contributed by atoms with van der Waals surface area (Å²) in [4.78, 5) is 11.3. The van der Waals surface area contributed by atoms with Crippen molar-refractivity contribution >= 4 is 44.3 Å². The van der Waals surface area contributed by atoms with Crippen LogP contribution in [0.25, 0.3) is 0 Å². The Labute approximate surface area is 147 Å². The molecule has 0 saturated heterocycles. The van der Waals surface area contributed by atoms with Gasteiger partial charge in [-0.05, 0) is 83.3 Å². The SMILES string of the molecule is O=C(O)c1cc2c(c(S(=O)(=O)Nc3cccc(I)c3)c1)CCC2. The van der Waals surface area contributed by atoms with Crippen LogP contribution in [0.4, 0.5) is 5.69 Å². The Bertz CT molecular complexity index is 893. The summed E-state index contributed by atoms with van der Waals surface area (Å²) in [5, 5.41) is 9.22. The highest BCUT2D eigenvalue weighted by Crippen LogP contribution is 2.31. The first-order chi connectivity index (χ1) is 10.9. The van der Waals surface area contributed by atoms with Gasteiger partial charge in [-0.15, -0.1) is 0 Å². The molecule has 0 radical (unpaired) electrons. The van der Waals surface area contributed by atoms with E-state index in [2.05, 4.69) is 27.3 Å². The lowest BCUT2D eigenvalue weighted by molar-refractivity contribution is 0.0696. The molecule has 23 heavy (non-hydrogen) atoms. The number of rotatable bonds is 4. The summed E-state index contributed by atoms with van der Waals surface area (Å²) < 4.78 is 28.9. The molecule has 5 nitrogen and oxygen atoms in total. The number of sulfonamides is 1. The number of carboxylic acids is 1. The monoisotopic (exact) mass is 443 g/mol. The first-order valence-electron chi connectivity index (χ1n) is 7.04. The Hall–Kier alpha value is -1.61. The molecule has 0 aliphatic heterocycles. The lowest BCUT2D eigenvalue weighted by Crippen LogP contribution is -2.16. The lowest BCUT2D eigenvalue weighted by Gasteiger charge is -2.13. The zero-order chi connectivity index (χ0) is 16.6. The second-order valence-corrected chi connectivity index (χ2v) is 8.28. The van der Waals surface area contributed by atoms with Gasteiger partial charge in [-0.1, -0.05) is 6.07 Å². The first kappa shape index (κ1) is 16.3. The van der Waals surface area contributed by atoms with Crippen LogP contribution in [0, 0.1) is 3.57 Å². The number of hydrogen-bond acceptors (Lipinski definition) is 3. The maximum absolute atomic E-state index is 12.7. The number of carboxylic acid groups (broad SMARTS) is 1.